The van der Waals surface area contributed by atoms with Gasteiger partial charge in [-0.3, -0.25) is 0 Å². The molecule has 9 heteroatoms. The quantitative estimate of drug-likeness (QED) is 0.469. The summed E-state index contributed by atoms with van der Waals surface area (Å²) in [5.41, 5.74) is -0.494. The number of anilines is 1. The van der Waals surface area contributed by atoms with Crippen LogP contribution in [0.25, 0.3) is 0 Å². The van der Waals surface area contributed by atoms with Crippen LogP contribution in [0.1, 0.15) is 34.6 Å². The van der Waals surface area contributed by atoms with Crippen molar-refractivity contribution >= 4 is 29.6 Å². The lowest BCUT2D eigenvalue weighted by molar-refractivity contribution is -0.222. The maximum Gasteiger partial charge on any atom is 0.350 e. The Labute approximate surface area is 142 Å². The van der Waals surface area contributed by atoms with Crippen molar-refractivity contribution in [1.29, 1.82) is 0 Å². The molecule has 1 aliphatic heterocycles. The highest BCUT2D eigenvalue weighted by Crippen LogP contribution is 2.24. The lowest BCUT2D eigenvalue weighted by Gasteiger charge is -2.29. The highest BCUT2D eigenvalue weighted by Gasteiger charge is 2.39. The first-order valence-electron chi connectivity index (χ1n) is 7.03. The summed E-state index contributed by atoms with van der Waals surface area (Å²) in [5.74, 6) is -5.16. The number of cyclic esters (lactones) is 2. The average molecular weight is 349 g/mol. The minimum atomic E-state index is -1.38. The van der Waals surface area contributed by atoms with Crippen LogP contribution >= 0.6 is 0 Å². The van der Waals surface area contributed by atoms with Crippen molar-refractivity contribution in [3.05, 3.63) is 41.1 Å². The number of carboxylic acids is 1. The Morgan fingerprint density at radius 1 is 1.20 bits per heavy atom. The van der Waals surface area contributed by atoms with Gasteiger partial charge < -0.3 is 24.6 Å². The van der Waals surface area contributed by atoms with Crippen LogP contribution in [0.5, 0.6) is 0 Å². The van der Waals surface area contributed by atoms with E-state index in [-0.39, 0.29) is 16.8 Å². The maximum absolute atomic E-state index is 11.9. The van der Waals surface area contributed by atoms with Gasteiger partial charge in [0.2, 0.25) is 0 Å². The van der Waals surface area contributed by atoms with Gasteiger partial charge in [-0.1, -0.05) is 0 Å². The maximum atomic E-state index is 11.9. The zero-order valence-electron chi connectivity index (χ0n) is 13.6. The van der Waals surface area contributed by atoms with Crippen LogP contribution < -0.4 is 5.32 Å². The Balaban J connectivity index is 2.37. The van der Waals surface area contributed by atoms with Gasteiger partial charge in [-0.15, -0.1) is 0 Å². The van der Waals surface area contributed by atoms with Crippen molar-refractivity contribution in [2.75, 3.05) is 12.4 Å². The second-order valence-corrected chi connectivity index (χ2v) is 5.44. The van der Waals surface area contributed by atoms with E-state index in [2.05, 4.69) is 10.1 Å². The second kappa shape index (κ2) is 6.63. The molecule has 0 unspecified atom stereocenters. The highest BCUT2D eigenvalue weighted by molar-refractivity contribution is 6.15. The van der Waals surface area contributed by atoms with Gasteiger partial charge in [0, 0.05) is 20.0 Å². The van der Waals surface area contributed by atoms with Gasteiger partial charge in [-0.05, 0) is 18.2 Å². The van der Waals surface area contributed by atoms with E-state index >= 15 is 0 Å². The molecule has 2 N–H and O–H groups in total. The molecular formula is C16H15NO8. The fourth-order valence-corrected chi connectivity index (χ4v) is 2.01. The molecule has 1 aromatic rings. The van der Waals surface area contributed by atoms with Crippen molar-refractivity contribution in [2.24, 2.45) is 0 Å². The lowest BCUT2D eigenvalue weighted by Crippen LogP contribution is -2.42. The lowest BCUT2D eigenvalue weighted by atomic mass is 10.1. The monoisotopic (exact) mass is 349 g/mol. The van der Waals surface area contributed by atoms with Gasteiger partial charge in [-0.2, -0.15) is 0 Å². The molecule has 0 bridgehead atoms. The van der Waals surface area contributed by atoms with Gasteiger partial charge in [0.15, 0.2) is 5.57 Å². The second-order valence-electron chi connectivity index (χ2n) is 5.44. The van der Waals surface area contributed by atoms with Crippen molar-refractivity contribution in [3.63, 3.8) is 0 Å². The number of carboxylic acid groups (broad SMARTS) is 1. The number of benzene rings is 1. The standard InChI is InChI=1S/C16H15NO8/c1-16(2)24-14(21)10(15(22)25-16)7-17-11-6-8(12(18)19)4-5-9(11)13(20)23-3/h4-7,17H,1-3H3,(H,18,19). The zero-order chi connectivity index (χ0) is 18.8. The van der Waals surface area contributed by atoms with Gasteiger partial charge in [0.05, 0.1) is 23.9 Å². The Morgan fingerprint density at radius 3 is 2.32 bits per heavy atom. The smallest absolute Gasteiger partial charge is 0.350 e. The van der Waals surface area contributed by atoms with Crippen molar-refractivity contribution in [3.8, 4) is 0 Å². The Bertz CT molecular complexity index is 771. The van der Waals surface area contributed by atoms with Gasteiger partial charge in [0.25, 0.3) is 5.79 Å². The molecule has 132 valence electrons. The van der Waals surface area contributed by atoms with E-state index in [0.717, 1.165) is 19.4 Å². The summed E-state index contributed by atoms with van der Waals surface area (Å²) in [5, 5.41) is 11.6. The van der Waals surface area contributed by atoms with Gasteiger partial charge >= 0.3 is 23.9 Å². The number of hydrogen-bond donors (Lipinski definition) is 2. The molecule has 25 heavy (non-hydrogen) atoms. The molecule has 0 spiro atoms. The van der Waals surface area contributed by atoms with E-state index in [1.807, 2.05) is 0 Å². The molecule has 0 aromatic heterocycles. The van der Waals surface area contributed by atoms with Crippen LogP contribution in [0, 0.1) is 0 Å². The molecule has 1 aromatic carbocycles. The van der Waals surface area contributed by atoms with Gasteiger partial charge in [-0.25, -0.2) is 19.2 Å². The molecule has 0 amide bonds. The Morgan fingerprint density at radius 2 is 1.80 bits per heavy atom. The number of hydrogen-bond acceptors (Lipinski definition) is 8. The third-order valence-electron chi connectivity index (χ3n) is 3.16. The van der Waals surface area contributed by atoms with Crippen LogP contribution in [0.3, 0.4) is 0 Å². The number of rotatable bonds is 4. The third kappa shape index (κ3) is 3.94. The predicted octanol–water partition coefficient (Wildman–Crippen LogP) is 1.30. The van der Waals surface area contributed by atoms with Crippen LogP contribution in [-0.4, -0.2) is 41.9 Å². The summed E-state index contributed by atoms with van der Waals surface area (Å²) >= 11 is 0. The van der Waals surface area contributed by atoms with Crippen molar-refractivity contribution < 1.29 is 38.5 Å². The number of carbonyl (C=O) groups excluding carboxylic acids is 3. The number of methoxy groups -OCH3 is 1. The number of nitrogens with one attached hydrogen (secondary N) is 1. The first-order valence-corrected chi connectivity index (χ1v) is 7.03. The fourth-order valence-electron chi connectivity index (χ4n) is 2.01. The molecular weight excluding hydrogens is 334 g/mol. The summed E-state index contributed by atoms with van der Waals surface area (Å²) in [6.45, 7) is 2.80. The highest BCUT2D eigenvalue weighted by atomic mass is 16.7. The summed E-state index contributed by atoms with van der Waals surface area (Å²) in [7, 11) is 1.16. The molecule has 1 aliphatic rings. The Kier molecular flexibility index (Phi) is 4.77. The molecule has 2 rings (SSSR count). The fraction of sp³-hybridized carbons (Fsp3) is 0.250. The number of carbonyl (C=O) groups is 4. The minimum Gasteiger partial charge on any atom is -0.478 e. The number of esters is 3. The SMILES string of the molecule is COC(=O)c1ccc(C(=O)O)cc1NC=C1C(=O)OC(C)(C)OC1=O. The van der Waals surface area contributed by atoms with Crippen LogP contribution in [-0.2, 0) is 23.8 Å². The molecule has 9 nitrogen and oxygen atoms in total. The van der Waals surface area contributed by atoms with E-state index in [4.69, 9.17) is 14.6 Å². The summed E-state index contributed by atoms with van der Waals surface area (Å²) in [4.78, 5) is 46.6. The van der Waals surface area contributed by atoms with Crippen molar-refractivity contribution in [2.45, 2.75) is 19.6 Å². The first-order chi connectivity index (χ1) is 11.6. The molecule has 1 heterocycles. The third-order valence-corrected chi connectivity index (χ3v) is 3.16. The molecule has 0 radical (unpaired) electrons. The molecule has 0 atom stereocenters. The van der Waals surface area contributed by atoms with E-state index in [1.54, 1.807) is 0 Å². The van der Waals surface area contributed by atoms with E-state index in [9.17, 15) is 19.2 Å². The van der Waals surface area contributed by atoms with Crippen LogP contribution in [0.4, 0.5) is 5.69 Å². The van der Waals surface area contributed by atoms with E-state index in [1.165, 1.54) is 26.0 Å². The molecule has 0 aliphatic carbocycles. The summed E-state index contributed by atoms with van der Waals surface area (Å²) in [6, 6.07) is 3.63. The zero-order valence-corrected chi connectivity index (χ0v) is 13.6. The normalized spacial score (nSPS) is 15.7. The van der Waals surface area contributed by atoms with Crippen molar-refractivity contribution in [1.82, 2.24) is 0 Å². The van der Waals surface area contributed by atoms with E-state index in [0.29, 0.717) is 0 Å². The summed E-state index contributed by atoms with van der Waals surface area (Å²) < 4.78 is 14.5. The van der Waals surface area contributed by atoms with Gasteiger partial charge in [0.1, 0.15) is 0 Å². The summed E-state index contributed by atoms with van der Waals surface area (Å²) in [6.07, 6.45) is 0.979. The van der Waals surface area contributed by atoms with Crippen LogP contribution in [0.15, 0.2) is 30.0 Å². The largest absolute Gasteiger partial charge is 0.478 e. The Hall–Kier alpha value is -3.36. The number of aromatic carboxylic acids is 1. The average Bonchev–Trinajstić information content (AvgIpc) is 2.51. The first kappa shape index (κ1) is 18.0. The predicted molar refractivity (Wildman–Crippen MR) is 82.7 cm³/mol. The van der Waals surface area contributed by atoms with E-state index < -0.39 is 35.2 Å². The topological polar surface area (TPSA) is 128 Å². The molecule has 1 saturated heterocycles. The number of ether oxygens (including phenoxy) is 3. The molecule has 0 saturated carbocycles. The minimum absolute atomic E-state index is 0.0159. The van der Waals surface area contributed by atoms with Crippen LogP contribution in [0.2, 0.25) is 0 Å². The molecule has 1 fully saturated rings.